The van der Waals surface area contributed by atoms with Gasteiger partial charge in [0.2, 0.25) is 0 Å². The quantitative estimate of drug-likeness (QED) is 0.174. The Labute approximate surface area is 271 Å². The zero-order chi connectivity index (χ0) is 31.1. The van der Waals surface area contributed by atoms with Gasteiger partial charge in [-0.1, -0.05) is 103 Å². The van der Waals surface area contributed by atoms with Gasteiger partial charge in [-0.05, 0) is 114 Å². The van der Waals surface area contributed by atoms with Gasteiger partial charge in [-0.2, -0.15) is 0 Å². The summed E-state index contributed by atoms with van der Waals surface area (Å²) in [6, 6.07) is 63.9. The van der Waals surface area contributed by atoms with Crippen LogP contribution in [0, 0.1) is 6.92 Å². The monoisotopic (exact) mass is 593 g/mol. The lowest BCUT2D eigenvalue weighted by Gasteiger charge is -2.26. The van der Waals surface area contributed by atoms with E-state index in [1.54, 1.807) is 0 Å². The van der Waals surface area contributed by atoms with E-state index in [-0.39, 0.29) is 0 Å². The largest absolute Gasteiger partial charge is 0.356 e. The fourth-order valence-electron chi connectivity index (χ4n) is 5.62. The average molecular weight is 594 g/mol. The molecule has 7 aromatic rings. The molecule has 0 radical (unpaired) electrons. The Hall–Kier alpha value is -6.06. The SMILES string of the molecule is Cc1ccc(N(c2ccc(Nc3ccc(-c4ccccc4)cc3)cc2)c2ccc(Nc3ccc(-c4ccccc4)cc3)cc2)cc1. The van der Waals surface area contributed by atoms with Gasteiger partial charge in [0.15, 0.2) is 0 Å². The fraction of sp³-hybridized carbons (Fsp3) is 0.0233. The van der Waals surface area contributed by atoms with Crippen molar-refractivity contribution in [3.63, 3.8) is 0 Å². The molecule has 7 aromatic carbocycles. The maximum absolute atomic E-state index is 3.55. The molecule has 0 aliphatic carbocycles. The van der Waals surface area contributed by atoms with E-state index in [9.17, 15) is 0 Å². The molecular weight excluding hydrogens is 558 g/mol. The Morgan fingerprint density at radius 1 is 0.304 bits per heavy atom. The Kier molecular flexibility index (Phi) is 8.29. The molecule has 0 spiro atoms. The molecular formula is C43H35N3. The highest BCUT2D eigenvalue weighted by Gasteiger charge is 2.13. The summed E-state index contributed by atoms with van der Waals surface area (Å²) < 4.78 is 0. The maximum Gasteiger partial charge on any atom is 0.0463 e. The second-order valence-electron chi connectivity index (χ2n) is 11.4. The Morgan fingerprint density at radius 2 is 0.587 bits per heavy atom. The van der Waals surface area contributed by atoms with Crippen molar-refractivity contribution in [2.75, 3.05) is 15.5 Å². The molecule has 0 aliphatic heterocycles. The topological polar surface area (TPSA) is 27.3 Å². The number of hydrogen-bond donors (Lipinski definition) is 2. The molecule has 0 amide bonds. The fourth-order valence-corrected chi connectivity index (χ4v) is 5.62. The van der Waals surface area contributed by atoms with Crippen molar-refractivity contribution in [3.8, 4) is 22.3 Å². The first kappa shape index (κ1) is 28.7. The van der Waals surface area contributed by atoms with Gasteiger partial charge in [-0.3, -0.25) is 0 Å². The predicted molar refractivity (Wildman–Crippen MR) is 196 cm³/mol. The molecule has 0 saturated heterocycles. The van der Waals surface area contributed by atoms with Gasteiger partial charge in [0.1, 0.15) is 0 Å². The number of nitrogens with one attached hydrogen (secondary N) is 2. The smallest absolute Gasteiger partial charge is 0.0463 e. The summed E-state index contributed by atoms with van der Waals surface area (Å²) in [6.45, 7) is 2.12. The van der Waals surface area contributed by atoms with Crippen LogP contribution in [0.1, 0.15) is 5.56 Å². The van der Waals surface area contributed by atoms with E-state index in [2.05, 4.69) is 192 Å². The van der Waals surface area contributed by atoms with Gasteiger partial charge >= 0.3 is 0 Å². The number of hydrogen-bond acceptors (Lipinski definition) is 3. The van der Waals surface area contributed by atoms with Crippen molar-refractivity contribution in [1.82, 2.24) is 0 Å². The lowest BCUT2D eigenvalue weighted by atomic mass is 10.1. The third-order valence-corrected chi connectivity index (χ3v) is 8.10. The van der Waals surface area contributed by atoms with E-state index >= 15 is 0 Å². The van der Waals surface area contributed by atoms with E-state index in [1.165, 1.54) is 27.8 Å². The molecule has 0 aliphatic rings. The van der Waals surface area contributed by atoms with E-state index in [4.69, 9.17) is 0 Å². The number of aryl methyl sites for hydroxylation is 1. The first-order chi connectivity index (χ1) is 22.7. The first-order valence-corrected chi connectivity index (χ1v) is 15.6. The van der Waals surface area contributed by atoms with Crippen LogP contribution in [-0.2, 0) is 0 Å². The summed E-state index contributed by atoms with van der Waals surface area (Å²) in [5.41, 5.74) is 13.6. The molecule has 0 fully saturated rings. The summed E-state index contributed by atoms with van der Waals surface area (Å²) in [5, 5.41) is 7.10. The molecule has 3 nitrogen and oxygen atoms in total. The van der Waals surface area contributed by atoms with Crippen LogP contribution in [0.25, 0.3) is 22.3 Å². The van der Waals surface area contributed by atoms with Crippen LogP contribution < -0.4 is 15.5 Å². The van der Waals surface area contributed by atoms with E-state index in [0.717, 1.165) is 39.8 Å². The van der Waals surface area contributed by atoms with Crippen molar-refractivity contribution in [3.05, 3.63) is 188 Å². The van der Waals surface area contributed by atoms with E-state index in [1.807, 2.05) is 12.1 Å². The van der Waals surface area contributed by atoms with Crippen molar-refractivity contribution in [2.24, 2.45) is 0 Å². The molecule has 3 heteroatoms. The number of nitrogens with zero attached hydrogens (tertiary/aromatic N) is 1. The lowest BCUT2D eigenvalue weighted by Crippen LogP contribution is -2.10. The maximum atomic E-state index is 3.55. The molecule has 0 unspecified atom stereocenters. The zero-order valence-electron chi connectivity index (χ0n) is 25.8. The van der Waals surface area contributed by atoms with Gasteiger partial charge in [-0.25, -0.2) is 0 Å². The Bertz CT molecular complexity index is 1850. The second kappa shape index (κ2) is 13.3. The molecule has 0 bridgehead atoms. The van der Waals surface area contributed by atoms with E-state index in [0.29, 0.717) is 0 Å². The normalized spacial score (nSPS) is 10.7. The highest BCUT2D eigenvalue weighted by atomic mass is 15.1. The van der Waals surface area contributed by atoms with Crippen molar-refractivity contribution in [2.45, 2.75) is 6.92 Å². The number of anilines is 7. The minimum Gasteiger partial charge on any atom is -0.356 e. The second-order valence-corrected chi connectivity index (χ2v) is 11.4. The average Bonchev–Trinajstić information content (AvgIpc) is 3.12. The number of benzene rings is 7. The minimum absolute atomic E-state index is 1.04. The molecule has 222 valence electrons. The summed E-state index contributed by atoms with van der Waals surface area (Å²) in [4.78, 5) is 2.29. The van der Waals surface area contributed by atoms with Crippen LogP contribution in [0.5, 0.6) is 0 Å². The standard InChI is InChI=1S/C43H35N3/c1-32-12-26-41(27-13-32)46(42-28-22-39(23-29-42)44-37-18-14-35(15-19-37)33-8-4-2-5-9-33)43-30-24-40(25-31-43)45-38-20-16-36(17-21-38)34-10-6-3-7-11-34/h2-31,44-45H,1H3. The van der Waals surface area contributed by atoms with Crippen LogP contribution in [0.3, 0.4) is 0 Å². The van der Waals surface area contributed by atoms with E-state index < -0.39 is 0 Å². The third kappa shape index (κ3) is 6.69. The molecule has 0 saturated carbocycles. The zero-order valence-corrected chi connectivity index (χ0v) is 25.8. The van der Waals surface area contributed by atoms with Crippen LogP contribution in [-0.4, -0.2) is 0 Å². The number of rotatable bonds is 9. The molecule has 0 atom stereocenters. The highest BCUT2D eigenvalue weighted by molar-refractivity contribution is 5.79. The van der Waals surface area contributed by atoms with Crippen LogP contribution in [0.15, 0.2) is 182 Å². The summed E-state index contributed by atoms with van der Waals surface area (Å²) >= 11 is 0. The molecule has 0 aromatic heterocycles. The van der Waals surface area contributed by atoms with Gasteiger partial charge < -0.3 is 15.5 Å². The minimum atomic E-state index is 1.04. The molecule has 7 rings (SSSR count). The molecule has 0 heterocycles. The van der Waals surface area contributed by atoms with Crippen LogP contribution in [0.2, 0.25) is 0 Å². The summed E-state index contributed by atoms with van der Waals surface area (Å²) in [6.07, 6.45) is 0. The van der Waals surface area contributed by atoms with Crippen LogP contribution in [0.4, 0.5) is 39.8 Å². The van der Waals surface area contributed by atoms with Crippen LogP contribution >= 0.6 is 0 Å². The van der Waals surface area contributed by atoms with Crippen molar-refractivity contribution >= 4 is 39.8 Å². The molecule has 2 N–H and O–H groups in total. The van der Waals surface area contributed by atoms with Gasteiger partial charge in [0.25, 0.3) is 0 Å². The predicted octanol–water partition coefficient (Wildman–Crippen LogP) is 12.3. The van der Waals surface area contributed by atoms with Gasteiger partial charge in [0, 0.05) is 39.8 Å². The first-order valence-electron chi connectivity index (χ1n) is 15.6. The Morgan fingerprint density at radius 3 is 0.935 bits per heavy atom. The Balaban J connectivity index is 1.08. The van der Waals surface area contributed by atoms with Gasteiger partial charge in [0.05, 0.1) is 0 Å². The summed E-state index contributed by atoms with van der Waals surface area (Å²) in [7, 11) is 0. The van der Waals surface area contributed by atoms with Crippen molar-refractivity contribution in [1.29, 1.82) is 0 Å². The highest BCUT2D eigenvalue weighted by Crippen LogP contribution is 2.36. The third-order valence-electron chi connectivity index (χ3n) is 8.10. The molecule has 46 heavy (non-hydrogen) atoms. The van der Waals surface area contributed by atoms with Crippen molar-refractivity contribution < 1.29 is 0 Å². The summed E-state index contributed by atoms with van der Waals surface area (Å²) in [5.74, 6) is 0. The lowest BCUT2D eigenvalue weighted by molar-refractivity contribution is 1.27. The van der Waals surface area contributed by atoms with Gasteiger partial charge in [-0.15, -0.1) is 0 Å².